The van der Waals surface area contributed by atoms with Crippen molar-refractivity contribution in [2.75, 3.05) is 18.0 Å². The van der Waals surface area contributed by atoms with Crippen molar-refractivity contribution in [3.8, 4) is 0 Å². The van der Waals surface area contributed by atoms with Crippen molar-refractivity contribution in [2.45, 2.75) is 51.6 Å². The Kier molecular flexibility index (Phi) is 5.06. The first-order valence-electron chi connectivity index (χ1n) is 10.5. The van der Waals surface area contributed by atoms with Crippen LogP contribution in [0.1, 0.15) is 59.5 Å². The summed E-state index contributed by atoms with van der Waals surface area (Å²) in [5.41, 5.74) is 3.30. The summed E-state index contributed by atoms with van der Waals surface area (Å²) in [4.78, 5) is 24.7. The van der Waals surface area contributed by atoms with Crippen LogP contribution in [-0.4, -0.2) is 33.9 Å². The minimum absolute atomic E-state index is 0.0752. The van der Waals surface area contributed by atoms with Crippen LogP contribution in [0.2, 0.25) is 0 Å². The van der Waals surface area contributed by atoms with Gasteiger partial charge in [0.25, 0.3) is 12.9 Å². The van der Waals surface area contributed by atoms with E-state index in [9.17, 15) is 22.4 Å². The average Bonchev–Trinajstić information content (AvgIpc) is 3.51. The molecule has 2 aromatic heterocycles. The van der Waals surface area contributed by atoms with E-state index in [2.05, 4.69) is 9.97 Å². The van der Waals surface area contributed by atoms with Crippen molar-refractivity contribution < 1.29 is 22.4 Å². The number of nitrogens with zero attached hydrogens (tertiary/aromatic N) is 4. The quantitative estimate of drug-likeness (QED) is 0.677. The van der Waals surface area contributed by atoms with Gasteiger partial charge in [0.15, 0.2) is 0 Å². The van der Waals surface area contributed by atoms with E-state index in [0.717, 1.165) is 29.7 Å². The van der Waals surface area contributed by atoms with Crippen molar-refractivity contribution in [1.29, 1.82) is 0 Å². The first kappa shape index (κ1) is 20.2. The topological polar surface area (TPSA) is 49.3 Å². The van der Waals surface area contributed by atoms with Crippen molar-refractivity contribution in [3.63, 3.8) is 0 Å². The van der Waals surface area contributed by atoms with Crippen molar-refractivity contribution in [1.82, 2.24) is 14.9 Å². The lowest BCUT2D eigenvalue weighted by atomic mass is 10.0. The molecule has 0 radical (unpaired) electrons. The highest BCUT2D eigenvalue weighted by molar-refractivity contribution is 5.81. The molecule has 5 nitrogen and oxygen atoms in total. The zero-order valence-electron chi connectivity index (χ0n) is 16.8. The monoisotopic (exact) mass is 434 g/mol. The number of fused-ring (bicyclic) bond motifs is 3. The number of amides is 1. The normalized spacial score (nSPS) is 20.1. The van der Waals surface area contributed by atoms with Gasteiger partial charge in [0.05, 0.1) is 5.92 Å². The van der Waals surface area contributed by atoms with Gasteiger partial charge in [0.1, 0.15) is 11.4 Å². The summed E-state index contributed by atoms with van der Waals surface area (Å²) in [7, 11) is 0. The largest absolute Gasteiger partial charge is 0.371 e. The van der Waals surface area contributed by atoms with Gasteiger partial charge in [-0.2, -0.15) is 0 Å². The second-order valence-electron chi connectivity index (χ2n) is 8.40. The van der Waals surface area contributed by atoms with E-state index < -0.39 is 12.9 Å². The van der Waals surface area contributed by atoms with E-state index in [1.54, 1.807) is 11.0 Å². The molecule has 0 spiro atoms. The predicted octanol–water partition coefficient (Wildman–Crippen LogP) is 4.21. The molecule has 4 heterocycles. The summed E-state index contributed by atoms with van der Waals surface area (Å²) in [6.07, 6.45) is -0.935. The Balaban J connectivity index is 1.33. The van der Waals surface area contributed by atoms with Crippen LogP contribution < -0.4 is 4.90 Å². The van der Waals surface area contributed by atoms with Gasteiger partial charge in [-0.1, -0.05) is 0 Å². The fourth-order valence-electron chi connectivity index (χ4n) is 5.07. The van der Waals surface area contributed by atoms with Gasteiger partial charge in [0, 0.05) is 49.3 Å². The second-order valence-corrected chi connectivity index (χ2v) is 8.40. The van der Waals surface area contributed by atoms with Gasteiger partial charge in [-0.3, -0.25) is 14.8 Å². The number of halogens is 4. The maximum Gasteiger partial charge on any atom is 0.280 e. The SMILES string of the molecule is O=C([C@@H]1CCN(c2ccnc(C(F)F)c2)C1)N1Cc2c(C(F)F)nc3c(c2C1)CCC3. The molecule has 3 aliphatic rings. The summed E-state index contributed by atoms with van der Waals surface area (Å²) >= 11 is 0. The summed E-state index contributed by atoms with van der Waals surface area (Å²) < 4.78 is 53.1. The Morgan fingerprint density at radius 3 is 2.65 bits per heavy atom. The van der Waals surface area contributed by atoms with E-state index in [4.69, 9.17) is 0 Å². The van der Waals surface area contributed by atoms with Gasteiger partial charge in [-0.25, -0.2) is 17.6 Å². The van der Waals surface area contributed by atoms with E-state index >= 15 is 0 Å². The fraction of sp³-hybridized carbons (Fsp3) is 0.500. The number of carbonyl (C=O) groups excluding carboxylic acids is 1. The molecule has 5 rings (SSSR count). The number of rotatable bonds is 4. The maximum absolute atomic E-state index is 13.6. The third-order valence-electron chi connectivity index (χ3n) is 6.59. The average molecular weight is 434 g/mol. The van der Waals surface area contributed by atoms with Crippen LogP contribution in [0, 0.1) is 5.92 Å². The lowest BCUT2D eigenvalue weighted by molar-refractivity contribution is -0.135. The highest BCUT2D eigenvalue weighted by Crippen LogP contribution is 2.38. The summed E-state index contributed by atoms with van der Waals surface area (Å²) in [6, 6.07) is 3.02. The first-order valence-corrected chi connectivity index (χ1v) is 10.5. The molecular weight excluding hydrogens is 412 g/mol. The maximum atomic E-state index is 13.6. The number of hydrogen-bond donors (Lipinski definition) is 0. The number of pyridine rings is 2. The molecule has 9 heteroatoms. The molecule has 1 atom stereocenters. The molecular formula is C22H22F4N4O. The highest BCUT2D eigenvalue weighted by atomic mass is 19.3. The Bertz CT molecular complexity index is 1030. The van der Waals surface area contributed by atoms with Crippen molar-refractivity contribution in [2.24, 2.45) is 5.92 Å². The predicted molar refractivity (Wildman–Crippen MR) is 105 cm³/mol. The molecule has 0 N–H and O–H groups in total. The Morgan fingerprint density at radius 2 is 1.87 bits per heavy atom. The molecule has 0 unspecified atom stereocenters. The lowest BCUT2D eigenvalue weighted by Crippen LogP contribution is -2.34. The van der Waals surface area contributed by atoms with E-state index in [1.165, 1.54) is 12.3 Å². The molecule has 2 aromatic rings. The van der Waals surface area contributed by atoms with Crippen molar-refractivity contribution >= 4 is 11.6 Å². The fourth-order valence-corrected chi connectivity index (χ4v) is 5.07. The minimum Gasteiger partial charge on any atom is -0.371 e. The number of anilines is 1. The molecule has 164 valence electrons. The number of aromatic nitrogens is 2. The third kappa shape index (κ3) is 3.53. The summed E-state index contributed by atoms with van der Waals surface area (Å²) in [5, 5.41) is 0. The minimum atomic E-state index is -2.66. The van der Waals surface area contributed by atoms with Gasteiger partial charge in [0.2, 0.25) is 5.91 Å². The molecule has 31 heavy (non-hydrogen) atoms. The molecule has 2 aliphatic heterocycles. The molecule has 1 fully saturated rings. The van der Waals surface area contributed by atoms with E-state index in [1.807, 2.05) is 4.90 Å². The van der Waals surface area contributed by atoms with Crippen LogP contribution in [-0.2, 0) is 30.7 Å². The van der Waals surface area contributed by atoms with Crippen molar-refractivity contribution in [3.05, 3.63) is 52.1 Å². The molecule has 0 bridgehead atoms. The lowest BCUT2D eigenvalue weighted by Gasteiger charge is -2.22. The van der Waals surface area contributed by atoms with Gasteiger partial charge in [-0.05, 0) is 48.9 Å². The number of hydrogen-bond acceptors (Lipinski definition) is 4. The molecule has 0 aromatic carbocycles. The number of alkyl halides is 4. The summed E-state index contributed by atoms with van der Waals surface area (Å²) in [5.74, 6) is -0.373. The Labute approximate surface area is 177 Å². The standard InChI is InChI=1S/C22H22F4N4O/c23-20(24)18-8-13(4-6-27-18)29-7-5-12(9-29)22(31)30-10-15-14-2-1-3-17(14)28-19(21(25)26)16(15)11-30/h4,6,8,12,20-21H,1-3,5,7,9-11H2/t12-/m1/s1. The van der Waals surface area contributed by atoms with E-state index in [-0.39, 0.29) is 29.8 Å². The summed E-state index contributed by atoms with van der Waals surface area (Å²) in [6.45, 7) is 1.50. The van der Waals surface area contributed by atoms with Crippen LogP contribution in [0.3, 0.4) is 0 Å². The number of carbonyl (C=O) groups is 1. The molecule has 1 saturated heterocycles. The van der Waals surface area contributed by atoms with Crippen LogP contribution in [0.4, 0.5) is 23.2 Å². The zero-order valence-corrected chi connectivity index (χ0v) is 16.8. The van der Waals surface area contributed by atoms with Gasteiger partial charge >= 0.3 is 0 Å². The molecule has 0 saturated carbocycles. The molecule has 1 aliphatic carbocycles. The Morgan fingerprint density at radius 1 is 1.06 bits per heavy atom. The Hall–Kier alpha value is -2.71. The van der Waals surface area contributed by atoms with Crippen LogP contribution in [0.5, 0.6) is 0 Å². The van der Waals surface area contributed by atoms with Crippen LogP contribution in [0.15, 0.2) is 18.3 Å². The van der Waals surface area contributed by atoms with Crippen LogP contribution >= 0.6 is 0 Å². The zero-order chi connectivity index (χ0) is 21.7. The van der Waals surface area contributed by atoms with Gasteiger partial charge in [-0.15, -0.1) is 0 Å². The molecule has 1 amide bonds. The first-order chi connectivity index (χ1) is 14.9. The number of aryl methyl sites for hydroxylation is 1. The van der Waals surface area contributed by atoms with Gasteiger partial charge < -0.3 is 9.80 Å². The highest BCUT2D eigenvalue weighted by Gasteiger charge is 2.38. The van der Waals surface area contributed by atoms with E-state index in [0.29, 0.717) is 43.7 Å². The smallest absolute Gasteiger partial charge is 0.280 e. The second kappa shape index (κ2) is 7.76. The van der Waals surface area contributed by atoms with Crippen LogP contribution in [0.25, 0.3) is 0 Å². The third-order valence-corrected chi connectivity index (χ3v) is 6.59.